The minimum absolute atomic E-state index is 0.898. The summed E-state index contributed by atoms with van der Waals surface area (Å²) in [4.78, 5) is 5.04. The minimum Gasteiger partial charge on any atom is -0.497 e. The molecule has 3 aromatic carbocycles. The molecule has 0 N–H and O–H groups in total. The van der Waals surface area contributed by atoms with Crippen LogP contribution >= 0.6 is 0 Å². The number of benzene rings is 3. The molecule has 1 fully saturated rings. The molecule has 1 heterocycles. The molecule has 1 aliphatic heterocycles. The van der Waals surface area contributed by atoms with Gasteiger partial charge in [0, 0.05) is 44.8 Å². The predicted molar refractivity (Wildman–Crippen MR) is 124 cm³/mol. The SMILES string of the molecule is COc1cccc(/C=C/CN2CCN(Cc3c(OC)ccc4ccccc34)CC2)c1. The monoisotopic (exact) mass is 402 g/mol. The zero-order chi connectivity index (χ0) is 20.8. The summed E-state index contributed by atoms with van der Waals surface area (Å²) in [7, 11) is 3.47. The number of piperazine rings is 1. The molecule has 0 aliphatic carbocycles. The van der Waals surface area contributed by atoms with Crippen molar-refractivity contribution in [3.05, 3.63) is 77.9 Å². The van der Waals surface area contributed by atoms with Gasteiger partial charge in [-0.2, -0.15) is 0 Å². The lowest BCUT2D eigenvalue weighted by atomic mass is 10.0. The number of nitrogens with zero attached hydrogens (tertiary/aromatic N) is 2. The molecule has 1 aliphatic rings. The van der Waals surface area contributed by atoms with Crippen molar-refractivity contribution in [2.75, 3.05) is 46.9 Å². The predicted octanol–water partition coefficient (Wildman–Crippen LogP) is 4.69. The summed E-state index contributed by atoms with van der Waals surface area (Å²) in [5, 5.41) is 2.56. The molecule has 0 spiro atoms. The van der Waals surface area contributed by atoms with Gasteiger partial charge in [-0.1, -0.05) is 54.6 Å². The van der Waals surface area contributed by atoms with Crippen LogP contribution in [0, 0.1) is 0 Å². The first-order valence-corrected chi connectivity index (χ1v) is 10.6. The summed E-state index contributed by atoms with van der Waals surface area (Å²) in [5.74, 6) is 1.88. The molecule has 0 atom stereocenters. The number of hydrogen-bond acceptors (Lipinski definition) is 4. The van der Waals surface area contributed by atoms with Gasteiger partial charge in [0.15, 0.2) is 0 Å². The van der Waals surface area contributed by atoms with Crippen LogP contribution in [0.5, 0.6) is 11.5 Å². The molecule has 0 bridgehead atoms. The average molecular weight is 403 g/mol. The van der Waals surface area contributed by atoms with E-state index in [-0.39, 0.29) is 0 Å². The van der Waals surface area contributed by atoms with E-state index in [2.05, 4.69) is 70.5 Å². The van der Waals surface area contributed by atoms with Crippen LogP contribution in [0.4, 0.5) is 0 Å². The second-order valence-electron chi connectivity index (χ2n) is 7.72. The van der Waals surface area contributed by atoms with E-state index in [9.17, 15) is 0 Å². The normalized spacial score (nSPS) is 15.7. The molecule has 0 saturated carbocycles. The van der Waals surface area contributed by atoms with Crippen molar-refractivity contribution >= 4 is 16.8 Å². The number of ether oxygens (including phenoxy) is 2. The Labute approximate surface area is 179 Å². The Morgan fingerprint density at radius 2 is 1.63 bits per heavy atom. The van der Waals surface area contributed by atoms with Gasteiger partial charge >= 0.3 is 0 Å². The van der Waals surface area contributed by atoms with Crippen molar-refractivity contribution in [1.29, 1.82) is 0 Å². The third kappa shape index (κ3) is 4.84. The first-order valence-electron chi connectivity index (χ1n) is 10.6. The Morgan fingerprint density at radius 1 is 0.833 bits per heavy atom. The van der Waals surface area contributed by atoms with Gasteiger partial charge in [0.1, 0.15) is 11.5 Å². The highest BCUT2D eigenvalue weighted by Gasteiger charge is 2.18. The molecule has 4 nitrogen and oxygen atoms in total. The third-order valence-corrected chi connectivity index (χ3v) is 5.83. The first kappa shape index (κ1) is 20.5. The lowest BCUT2D eigenvalue weighted by molar-refractivity contribution is 0.136. The molecule has 156 valence electrons. The second-order valence-corrected chi connectivity index (χ2v) is 7.72. The maximum atomic E-state index is 5.67. The zero-order valence-corrected chi connectivity index (χ0v) is 17.9. The van der Waals surface area contributed by atoms with Gasteiger partial charge in [0.05, 0.1) is 14.2 Å². The molecular weight excluding hydrogens is 372 g/mol. The smallest absolute Gasteiger partial charge is 0.123 e. The van der Waals surface area contributed by atoms with Crippen molar-refractivity contribution in [2.24, 2.45) is 0 Å². The van der Waals surface area contributed by atoms with E-state index in [1.165, 1.54) is 21.9 Å². The molecule has 4 heteroatoms. The summed E-state index contributed by atoms with van der Waals surface area (Å²) < 4.78 is 11.0. The maximum Gasteiger partial charge on any atom is 0.123 e. The number of hydrogen-bond donors (Lipinski definition) is 0. The van der Waals surface area contributed by atoms with Gasteiger partial charge < -0.3 is 9.47 Å². The van der Waals surface area contributed by atoms with Crippen LogP contribution in [-0.4, -0.2) is 56.7 Å². The lowest BCUT2D eigenvalue weighted by Crippen LogP contribution is -2.45. The van der Waals surface area contributed by atoms with E-state index in [1.54, 1.807) is 14.2 Å². The molecule has 1 saturated heterocycles. The fourth-order valence-electron chi connectivity index (χ4n) is 4.11. The van der Waals surface area contributed by atoms with Gasteiger partial charge in [-0.05, 0) is 34.5 Å². The fourth-order valence-corrected chi connectivity index (χ4v) is 4.11. The molecule has 0 radical (unpaired) electrons. The minimum atomic E-state index is 0.898. The highest BCUT2D eigenvalue weighted by Crippen LogP contribution is 2.29. The van der Waals surface area contributed by atoms with Gasteiger partial charge in [-0.3, -0.25) is 9.80 Å². The summed E-state index contributed by atoms with van der Waals surface area (Å²) in [6.45, 7) is 6.20. The summed E-state index contributed by atoms with van der Waals surface area (Å²) in [6, 6.07) is 21.0. The van der Waals surface area contributed by atoms with Crippen molar-refractivity contribution in [2.45, 2.75) is 6.54 Å². The zero-order valence-electron chi connectivity index (χ0n) is 17.9. The molecule has 0 unspecified atom stereocenters. The van der Waals surface area contributed by atoms with E-state index in [4.69, 9.17) is 9.47 Å². The van der Waals surface area contributed by atoms with Crippen LogP contribution in [-0.2, 0) is 6.54 Å². The average Bonchev–Trinajstić information content (AvgIpc) is 2.80. The number of fused-ring (bicyclic) bond motifs is 1. The summed E-state index contributed by atoms with van der Waals surface area (Å²) in [5.41, 5.74) is 2.47. The van der Waals surface area contributed by atoms with E-state index in [1.807, 2.05) is 12.1 Å². The van der Waals surface area contributed by atoms with Crippen molar-refractivity contribution in [3.63, 3.8) is 0 Å². The van der Waals surface area contributed by atoms with Gasteiger partial charge in [0.25, 0.3) is 0 Å². The maximum absolute atomic E-state index is 5.67. The van der Waals surface area contributed by atoms with Crippen molar-refractivity contribution in [1.82, 2.24) is 9.80 Å². The van der Waals surface area contributed by atoms with Crippen LogP contribution in [0.3, 0.4) is 0 Å². The first-order chi connectivity index (χ1) is 14.8. The molecule has 0 aromatic heterocycles. The van der Waals surface area contributed by atoms with Gasteiger partial charge in [-0.15, -0.1) is 0 Å². The van der Waals surface area contributed by atoms with Crippen LogP contribution in [0.15, 0.2) is 66.7 Å². The molecule has 3 aromatic rings. The van der Waals surface area contributed by atoms with Crippen molar-refractivity contribution in [3.8, 4) is 11.5 Å². The van der Waals surface area contributed by atoms with Crippen LogP contribution in [0.25, 0.3) is 16.8 Å². The lowest BCUT2D eigenvalue weighted by Gasteiger charge is -2.34. The van der Waals surface area contributed by atoms with E-state index < -0.39 is 0 Å². The standard InChI is InChI=1S/C26H30N2O2/c1-29-23-10-5-7-21(19-23)8-6-14-27-15-17-28(18-16-27)20-25-24-11-4-3-9-22(24)12-13-26(25)30-2/h3-13,19H,14-18,20H2,1-2H3/b8-6+. The highest BCUT2D eigenvalue weighted by molar-refractivity contribution is 5.87. The number of rotatable bonds is 7. The Bertz CT molecular complexity index is 1010. The Balaban J connectivity index is 1.34. The van der Waals surface area contributed by atoms with Crippen LogP contribution in [0.1, 0.15) is 11.1 Å². The Hall–Kier alpha value is -2.82. The molecule has 4 rings (SSSR count). The molecular formula is C26H30N2O2. The number of methoxy groups -OCH3 is 2. The van der Waals surface area contributed by atoms with E-state index in [0.717, 1.165) is 50.8 Å². The van der Waals surface area contributed by atoms with Crippen LogP contribution in [0.2, 0.25) is 0 Å². The van der Waals surface area contributed by atoms with E-state index in [0.29, 0.717) is 0 Å². The Kier molecular flexibility index (Phi) is 6.67. The second kappa shape index (κ2) is 9.79. The van der Waals surface area contributed by atoms with E-state index >= 15 is 0 Å². The Morgan fingerprint density at radius 3 is 2.43 bits per heavy atom. The molecule has 0 amide bonds. The fraction of sp³-hybridized carbons (Fsp3) is 0.308. The van der Waals surface area contributed by atoms with Gasteiger partial charge in [0.2, 0.25) is 0 Å². The molecule has 30 heavy (non-hydrogen) atoms. The largest absolute Gasteiger partial charge is 0.497 e. The van der Waals surface area contributed by atoms with Crippen LogP contribution < -0.4 is 9.47 Å². The summed E-state index contributed by atoms with van der Waals surface area (Å²) in [6.07, 6.45) is 4.42. The topological polar surface area (TPSA) is 24.9 Å². The summed E-state index contributed by atoms with van der Waals surface area (Å²) >= 11 is 0. The third-order valence-electron chi connectivity index (χ3n) is 5.83. The quantitative estimate of drug-likeness (QED) is 0.573. The van der Waals surface area contributed by atoms with Crippen molar-refractivity contribution < 1.29 is 9.47 Å². The highest BCUT2D eigenvalue weighted by atomic mass is 16.5. The van der Waals surface area contributed by atoms with Gasteiger partial charge in [-0.25, -0.2) is 0 Å².